The van der Waals surface area contributed by atoms with Crippen LogP contribution in [0.3, 0.4) is 0 Å². The van der Waals surface area contributed by atoms with E-state index >= 15 is 0 Å². The molecule has 1 aliphatic rings. The lowest BCUT2D eigenvalue weighted by Gasteiger charge is -2.34. The van der Waals surface area contributed by atoms with Gasteiger partial charge in [0.25, 0.3) is 0 Å². The molecule has 7 heteroatoms. The Kier molecular flexibility index (Phi) is 5.81. The molecular weight excluding hydrogens is 298 g/mol. The highest BCUT2D eigenvalue weighted by Crippen LogP contribution is 2.29. The van der Waals surface area contributed by atoms with Gasteiger partial charge in [-0.3, -0.25) is 4.79 Å². The number of hydrogen-bond donors (Lipinski definition) is 3. The van der Waals surface area contributed by atoms with E-state index in [9.17, 15) is 14.7 Å². The van der Waals surface area contributed by atoms with Gasteiger partial charge >= 0.3 is 6.03 Å². The van der Waals surface area contributed by atoms with Crippen molar-refractivity contribution in [2.24, 2.45) is 0 Å². The Morgan fingerprint density at radius 2 is 2.13 bits per heavy atom. The first-order valence-corrected chi connectivity index (χ1v) is 7.69. The average Bonchev–Trinajstić information content (AvgIpc) is 2.54. The van der Waals surface area contributed by atoms with Crippen LogP contribution >= 0.6 is 0 Å². The van der Waals surface area contributed by atoms with Crippen molar-refractivity contribution in [3.8, 4) is 5.75 Å². The first-order valence-electron chi connectivity index (χ1n) is 7.69. The smallest absolute Gasteiger partial charge is 0.322 e. The molecule has 126 valence electrons. The summed E-state index contributed by atoms with van der Waals surface area (Å²) in [5.74, 6) is 0.314. The summed E-state index contributed by atoms with van der Waals surface area (Å²) in [6, 6.07) is 4.60. The third-order valence-electron chi connectivity index (χ3n) is 3.86. The van der Waals surface area contributed by atoms with Crippen LogP contribution in [0.2, 0.25) is 0 Å². The Morgan fingerprint density at radius 1 is 1.35 bits per heavy atom. The minimum atomic E-state index is -0.276. The van der Waals surface area contributed by atoms with Gasteiger partial charge in [0, 0.05) is 19.2 Å². The monoisotopic (exact) mass is 321 g/mol. The van der Waals surface area contributed by atoms with Gasteiger partial charge in [-0.2, -0.15) is 0 Å². The highest BCUT2D eigenvalue weighted by atomic mass is 16.5. The van der Waals surface area contributed by atoms with Crippen molar-refractivity contribution in [2.45, 2.75) is 32.2 Å². The summed E-state index contributed by atoms with van der Waals surface area (Å²) in [6.45, 7) is 1.99. The zero-order chi connectivity index (χ0) is 16.8. The zero-order valence-electron chi connectivity index (χ0n) is 13.5. The van der Waals surface area contributed by atoms with E-state index in [4.69, 9.17) is 4.74 Å². The molecule has 0 aliphatic carbocycles. The van der Waals surface area contributed by atoms with E-state index in [1.165, 1.54) is 14.0 Å². The van der Waals surface area contributed by atoms with Gasteiger partial charge < -0.3 is 25.4 Å². The molecule has 3 N–H and O–H groups in total. The molecule has 0 spiro atoms. The summed E-state index contributed by atoms with van der Waals surface area (Å²) in [6.07, 6.45) is 2.73. The fraction of sp³-hybridized carbons (Fsp3) is 0.500. The fourth-order valence-corrected chi connectivity index (χ4v) is 2.73. The maximum absolute atomic E-state index is 12.5. The second-order valence-electron chi connectivity index (χ2n) is 5.55. The number of hydrogen-bond acceptors (Lipinski definition) is 4. The van der Waals surface area contributed by atoms with Crippen molar-refractivity contribution < 1.29 is 19.4 Å². The van der Waals surface area contributed by atoms with E-state index in [0.717, 1.165) is 19.3 Å². The molecule has 0 saturated carbocycles. The van der Waals surface area contributed by atoms with Crippen LogP contribution in [0.25, 0.3) is 0 Å². The second kappa shape index (κ2) is 7.82. The summed E-state index contributed by atoms with van der Waals surface area (Å²) >= 11 is 0. The summed E-state index contributed by atoms with van der Waals surface area (Å²) in [7, 11) is 1.51. The SMILES string of the molecule is COc1ccc(NC(C)=O)cc1NC(=O)N1CCCC[C@@H]1CO. The van der Waals surface area contributed by atoms with Crippen LogP contribution < -0.4 is 15.4 Å². The number of carbonyl (C=O) groups is 2. The van der Waals surface area contributed by atoms with E-state index < -0.39 is 0 Å². The number of aliphatic hydroxyl groups is 1. The third kappa shape index (κ3) is 4.35. The predicted octanol–water partition coefficient (Wildman–Crippen LogP) is 2.03. The van der Waals surface area contributed by atoms with E-state index in [0.29, 0.717) is 23.7 Å². The minimum absolute atomic E-state index is 0.0452. The average molecular weight is 321 g/mol. The summed E-state index contributed by atoms with van der Waals surface area (Å²) in [5.41, 5.74) is 1.05. The van der Waals surface area contributed by atoms with E-state index in [1.807, 2.05) is 0 Å². The molecule has 1 fully saturated rings. The van der Waals surface area contributed by atoms with Gasteiger partial charge in [-0.1, -0.05) is 0 Å². The molecule has 1 aliphatic heterocycles. The van der Waals surface area contributed by atoms with Gasteiger partial charge in [-0.05, 0) is 37.5 Å². The first-order chi connectivity index (χ1) is 11.0. The number of nitrogens with one attached hydrogen (secondary N) is 2. The minimum Gasteiger partial charge on any atom is -0.495 e. The van der Waals surface area contributed by atoms with E-state index in [-0.39, 0.29) is 24.6 Å². The molecule has 0 aromatic heterocycles. The van der Waals surface area contributed by atoms with E-state index in [2.05, 4.69) is 10.6 Å². The highest BCUT2D eigenvalue weighted by Gasteiger charge is 2.26. The van der Waals surface area contributed by atoms with Crippen molar-refractivity contribution in [1.82, 2.24) is 4.90 Å². The van der Waals surface area contributed by atoms with Gasteiger partial charge in [0.2, 0.25) is 5.91 Å². The molecule has 1 atom stereocenters. The number of amides is 3. The number of ether oxygens (including phenoxy) is 1. The highest BCUT2D eigenvalue weighted by molar-refractivity contribution is 5.94. The number of rotatable bonds is 4. The molecular formula is C16H23N3O4. The summed E-state index contributed by atoms with van der Waals surface area (Å²) in [5, 5.41) is 14.9. The van der Waals surface area contributed by atoms with Crippen molar-refractivity contribution in [3.05, 3.63) is 18.2 Å². The Bertz CT molecular complexity index is 576. The predicted molar refractivity (Wildman–Crippen MR) is 87.7 cm³/mol. The van der Waals surface area contributed by atoms with Crippen molar-refractivity contribution in [2.75, 3.05) is 30.9 Å². The fourth-order valence-electron chi connectivity index (χ4n) is 2.73. The molecule has 1 aromatic rings. The lowest BCUT2D eigenvalue weighted by atomic mass is 10.0. The van der Waals surface area contributed by atoms with Gasteiger partial charge in [-0.15, -0.1) is 0 Å². The number of carbonyl (C=O) groups excluding carboxylic acids is 2. The Labute approximate surface area is 135 Å². The largest absolute Gasteiger partial charge is 0.495 e. The molecule has 7 nitrogen and oxygen atoms in total. The molecule has 3 amide bonds. The van der Waals surface area contributed by atoms with Crippen LogP contribution in [0.4, 0.5) is 16.2 Å². The van der Waals surface area contributed by atoms with E-state index in [1.54, 1.807) is 23.1 Å². The van der Waals surface area contributed by atoms with Crippen molar-refractivity contribution in [3.63, 3.8) is 0 Å². The number of anilines is 2. The second-order valence-corrected chi connectivity index (χ2v) is 5.55. The number of benzene rings is 1. The summed E-state index contributed by atoms with van der Waals surface area (Å²) in [4.78, 5) is 25.3. The molecule has 0 radical (unpaired) electrons. The number of nitrogens with zero attached hydrogens (tertiary/aromatic N) is 1. The lowest BCUT2D eigenvalue weighted by Crippen LogP contribution is -2.47. The number of urea groups is 1. The quantitative estimate of drug-likeness (QED) is 0.791. The van der Waals surface area contributed by atoms with Crippen LogP contribution in [0, 0.1) is 0 Å². The van der Waals surface area contributed by atoms with Crippen LogP contribution in [0.5, 0.6) is 5.75 Å². The molecule has 23 heavy (non-hydrogen) atoms. The molecule has 1 saturated heterocycles. The van der Waals surface area contributed by atoms with Crippen LogP contribution in [-0.2, 0) is 4.79 Å². The van der Waals surface area contributed by atoms with Gasteiger partial charge in [0.15, 0.2) is 0 Å². The Balaban J connectivity index is 2.16. The normalized spacial score (nSPS) is 17.5. The topological polar surface area (TPSA) is 90.9 Å². The number of piperidine rings is 1. The molecule has 1 aromatic carbocycles. The summed E-state index contributed by atoms with van der Waals surface area (Å²) < 4.78 is 5.25. The lowest BCUT2D eigenvalue weighted by molar-refractivity contribution is -0.114. The zero-order valence-corrected chi connectivity index (χ0v) is 13.5. The third-order valence-corrected chi connectivity index (χ3v) is 3.86. The maximum atomic E-state index is 12.5. The Hall–Kier alpha value is -2.28. The van der Waals surface area contributed by atoms with Gasteiger partial charge in [-0.25, -0.2) is 4.79 Å². The number of likely N-dealkylation sites (tertiary alicyclic amines) is 1. The van der Waals surface area contributed by atoms with Gasteiger partial charge in [0.05, 0.1) is 25.4 Å². The van der Waals surface area contributed by atoms with Crippen molar-refractivity contribution in [1.29, 1.82) is 0 Å². The molecule has 1 heterocycles. The van der Waals surface area contributed by atoms with Crippen molar-refractivity contribution >= 4 is 23.3 Å². The number of methoxy groups -OCH3 is 1. The van der Waals surface area contributed by atoms with Crippen LogP contribution in [0.15, 0.2) is 18.2 Å². The standard InChI is InChI=1S/C16H23N3O4/c1-11(21)17-12-6-7-15(23-2)14(9-12)18-16(22)19-8-4-3-5-13(19)10-20/h6-7,9,13,20H,3-5,8,10H2,1-2H3,(H,17,21)(H,18,22)/t13-/m1/s1. The first kappa shape index (κ1) is 17.1. The van der Waals surface area contributed by atoms with Crippen LogP contribution in [-0.4, -0.2) is 48.2 Å². The molecule has 2 rings (SSSR count). The molecule has 0 bridgehead atoms. The van der Waals surface area contributed by atoms with Crippen LogP contribution in [0.1, 0.15) is 26.2 Å². The maximum Gasteiger partial charge on any atom is 0.322 e. The Morgan fingerprint density at radius 3 is 2.78 bits per heavy atom. The van der Waals surface area contributed by atoms with Gasteiger partial charge in [0.1, 0.15) is 5.75 Å². The molecule has 0 unspecified atom stereocenters. The number of aliphatic hydroxyl groups excluding tert-OH is 1.